The zero-order chi connectivity index (χ0) is 34.8. The highest BCUT2D eigenvalue weighted by Gasteiger charge is 2.50. The number of pyridine rings is 1. The summed E-state index contributed by atoms with van der Waals surface area (Å²) in [6.07, 6.45) is 9.14. The Hall–Kier alpha value is -4.15. The number of nitrogens with zero attached hydrogens (tertiary/aromatic N) is 6. The number of halogens is 1. The van der Waals surface area contributed by atoms with Crippen LogP contribution in [0.5, 0.6) is 0 Å². The van der Waals surface area contributed by atoms with Gasteiger partial charge in [-0.15, -0.1) is 0 Å². The highest BCUT2D eigenvalue weighted by Crippen LogP contribution is 2.42. The van der Waals surface area contributed by atoms with Crippen molar-refractivity contribution in [2.45, 2.75) is 110 Å². The SMILES string of the molecule is Cc1ncc2c(-c3ccc(F)cc3C(=O)N(C(C)C)C3CC3)cc(N3CCN(C(=O)[C@H]4C5CCC(CC5)N4C(=O)OC(C)(C)C)CC3)cn12. The maximum atomic E-state index is 14.8. The third-order valence-corrected chi connectivity index (χ3v) is 10.7. The van der Waals surface area contributed by atoms with Crippen LogP contribution in [0.25, 0.3) is 16.6 Å². The first-order valence-corrected chi connectivity index (χ1v) is 18.0. The van der Waals surface area contributed by atoms with Crippen molar-refractivity contribution in [2.24, 2.45) is 5.92 Å². The molecule has 1 atom stereocenters. The van der Waals surface area contributed by atoms with Crippen LogP contribution in [0.3, 0.4) is 0 Å². The molecule has 262 valence electrons. The lowest BCUT2D eigenvalue weighted by Crippen LogP contribution is -2.65. The van der Waals surface area contributed by atoms with Gasteiger partial charge in [0.05, 0.1) is 23.0 Å². The van der Waals surface area contributed by atoms with Gasteiger partial charge in [-0.05, 0) is 110 Å². The molecule has 11 heteroatoms. The summed E-state index contributed by atoms with van der Waals surface area (Å²) in [7, 11) is 0. The molecule has 0 unspecified atom stereocenters. The average Bonchev–Trinajstić information content (AvgIpc) is 3.83. The number of carbonyl (C=O) groups is 3. The first-order valence-electron chi connectivity index (χ1n) is 18.0. The lowest BCUT2D eigenvalue weighted by atomic mass is 9.74. The zero-order valence-electron chi connectivity index (χ0n) is 29.6. The van der Waals surface area contributed by atoms with Gasteiger partial charge in [-0.2, -0.15) is 0 Å². The van der Waals surface area contributed by atoms with Crippen molar-refractivity contribution in [2.75, 3.05) is 31.1 Å². The molecule has 3 saturated heterocycles. The predicted molar refractivity (Wildman–Crippen MR) is 186 cm³/mol. The van der Waals surface area contributed by atoms with Gasteiger partial charge in [0.2, 0.25) is 5.91 Å². The maximum absolute atomic E-state index is 14.8. The van der Waals surface area contributed by atoms with Gasteiger partial charge in [-0.3, -0.25) is 14.5 Å². The normalized spacial score (nSPS) is 22.6. The largest absolute Gasteiger partial charge is 0.444 e. The Kier molecular flexibility index (Phi) is 8.59. The summed E-state index contributed by atoms with van der Waals surface area (Å²) < 4.78 is 22.6. The van der Waals surface area contributed by atoms with Crippen molar-refractivity contribution in [3.8, 4) is 11.1 Å². The van der Waals surface area contributed by atoms with Crippen LogP contribution in [0.2, 0.25) is 0 Å². The summed E-state index contributed by atoms with van der Waals surface area (Å²) in [6.45, 7) is 13.8. The molecule has 8 rings (SSSR count). The maximum Gasteiger partial charge on any atom is 0.411 e. The molecule has 2 aliphatic carbocycles. The number of carbonyl (C=O) groups excluding carboxylic acids is 3. The highest BCUT2D eigenvalue weighted by atomic mass is 19.1. The van der Waals surface area contributed by atoms with Crippen LogP contribution in [0.15, 0.2) is 36.7 Å². The zero-order valence-corrected chi connectivity index (χ0v) is 29.6. The van der Waals surface area contributed by atoms with E-state index < -0.39 is 17.5 Å². The van der Waals surface area contributed by atoms with E-state index in [0.717, 1.165) is 61.1 Å². The summed E-state index contributed by atoms with van der Waals surface area (Å²) in [5, 5.41) is 0. The number of fused-ring (bicyclic) bond motifs is 4. The van der Waals surface area contributed by atoms with E-state index >= 15 is 0 Å². The number of aromatic nitrogens is 2. The first-order chi connectivity index (χ1) is 23.3. The van der Waals surface area contributed by atoms with E-state index in [1.54, 1.807) is 17.2 Å². The molecule has 49 heavy (non-hydrogen) atoms. The van der Waals surface area contributed by atoms with Gasteiger partial charge in [-0.25, -0.2) is 14.2 Å². The molecule has 3 amide bonds. The number of hydrogen-bond acceptors (Lipinski definition) is 6. The monoisotopic (exact) mass is 672 g/mol. The number of amides is 3. The molecule has 5 heterocycles. The van der Waals surface area contributed by atoms with Gasteiger partial charge in [0.1, 0.15) is 23.3 Å². The number of piperazine rings is 1. The molecule has 5 aliphatic rings. The van der Waals surface area contributed by atoms with E-state index in [9.17, 15) is 18.8 Å². The Bertz CT molecular complexity index is 1760. The minimum Gasteiger partial charge on any atom is -0.444 e. The van der Waals surface area contributed by atoms with Crippen molar-refractivity contribution >= 4 is 29.1 Å². The molecule has 2 aromatic heterocycles. The molecule has 2 bridgehead atoms. The van der Waals surface area contributed by atoms with E-state index in [1.165, 1.54) is 12.1 Å². The fourth-order valence-corrected chi connectivity index (χ4v) is 8.26. The Morgan fingerprint density at radius 2 is 1.65 bits per heavy atom. The lowest BCUT2D eigenvalue weighted by molar-refractivity contribution is -0.146. The quantitative estimate of drug-likeness (QED) is 0.306. The minimum atomic E-state index is -0.631. The van der Waals surface area contributed by atoms with Gasteiger partial charge in [-0.1, -0.05) is 6.07 Å². The van der Waals surface area contributed by atoms with Crippen molar-refractivity contribution < 1.29 is 23.5 Å². The molecule has 0 spiro atoms. The number of aryl methyl sites for hydroxylation is 1. The topological polar surface area (TPSA) is 90.7 Å². The van der Waals surface area contributed by atoms with Crippen molar-refractivity contribution in [3.05, 3.63) is 53.9 Å². The molecular formula is C38H49FN6O4. The minimum absolute atomic E-state index is 0.00121. The number of imidazole rings is 1. The van der Waals surface area contributed by atoms with Gasteiger partial charge in [0.25, 0.3) is 5.91 Å². The third kappa shape index (κ3) is 6.36. The van der Waals surface area contributed by atoms with E-state index in [2.05, 4.69) is 22.1 Å². The Morgan fingerprint density at radius 1 is 0.959 bits per heavy atom. The number of ether oxygens (including phenoxy) is 1. The molecule has 5 fully saturated rings. The van der Waals surface area contributed by atoms with E-state index in [0.29, 0.717) is 37.3 Å². The second-order valence-corrected chi connectivity index (χ2v) is 15.6. The second-order valence-electron chi connectivity index (χ2n) is 15.6. The third-order valence-electron chi connectivity index (χ3n) is 10.7. The summed E-state index contributed by atoms with van der Waals surface area (Å²) in [5.41, 5.74) is 2.98. The molecule has 1 aromatic carbocycles. The van der Waals surface area contributed by atoms with Crippen LogP contribution in [-0.2, 0) is 9.53 Å². The molecule has 3 aromatic rings. The lowest BCUT2D eigenvalue weighted by Gasteiger charge is -2.51. The van der Waals surface area contributed by atoms with E-state index in [-0.39, 0.29) is 42.0 Å². The van der Waals surface area contributed by atoms with Crippen LogP contribution >= 0.6 is 0 Å². The van der Waals surface area contributed by atoms with Crippen molar-refractivity contribution in [3.63, 3.8) is 0 Å². The fraction of sp³-hybridized carbons (Fsp3) is 0.579. The molecule has 2 saturated carbocycles. The predicted octanol–water partition coefficient (Wildman–Crippen LogP) is 6.29. The number of benzene rings is 1. The fourth-order valence-electron chi connectivity index (χ4n) is 8.26. The number of rotatable bonds is 6. The molecule has 10 nitrogen and oxygen atoms in total. The molecule has 0 radical (unpaired) electrons. The van der Waals surface area contributed by atoms with Gasteiger partial charge in [0.15, 0.2) is 0 Å². The van der Waals surface area contributed by atoms with E-state index in [4.69, 9.17) is 4.74 Å². The average molecular weight is 673 g/mol. The Labute approximate surface area is 288 Å². The van der Waals surface area contributed by atoms with E-state index in [1.807, 2.05) is 55.7 Å². The van der Waals surface area contributed by atoms with Gasteiger partial charge >= 0.3 is 6.09 Å². The number of anilines is 1. The van der Waals surface area contributed by atoms with Crippen LogP contribution in [0.1, 0.15) is 89.3 Å². The standard InChI is InChI=1S/C38H49FN6O4/c1-23(2)44(27-12-13-27)35(46)32-19-26(39)9-14-30(32)31-20-29(22-43-24(3)40-21-33(31)43)41-15-17-42(18-16-41)36(47)34-25-7-10-28(11-8-25)45(34)37(48)49-38(4,5)6/h9,14,19-23,25,27-28,34H,7-8,10-13,15-18H2,1-6H3/t25?,28?,34-/m1/s1. The smallest absolute Gasteiger partial charge is 0.411 e. The van der Waals surface area contributed by atoms with Crippen LogP contribution in [0.4, 0.5) is 14.9 Å². The number of hydrogen-bond donors (Lipinski definition) is 0. The van der Waals surface area contributed by atoms with Crippen LogP contribution < -0.4 is 4.90 Å². The highest BCUT2D eigenvalue weighted by molar-refractivity contribution is 6.03. The Balaban J connectivity index is 1.15. The van der Waals surface area contributed by atoms with Crippen LogP contribution in [0, 0.1) is 18.7 Å². The Morgan fingerprint density at radius 3 is 2.29 bits per heavy atom. The van der Waals surface area contributed by atoms with Crippen LogP contribution in [-0.4, -0.2) is 97.9 Å². The first kappa shape index (κ1) is 33.4. The van der Waals surface area contributed by atoms with Crippen molar-refractivity contribution in [1.82, 2.24) is 24.1 Å². The van der Waals surface area contributed by atoms with Gasteiger partial charge in [0, 0.05) is 56.1 Å². The van der Waals surface area contributed by atoms with Gasteiger partial charge < -0.3 is 23.8 Å². The summed E-state index contributed by atoms with van der Waals surface area (Å²) in [6, 6.07) is 6.30. The summed E-state index contributed by atoms with van der Waals surface area (Å²) in [5.74, 6) is 0.368. The summed E-state index contributed by atoms with van der Waals surface area (Å²) >= 11 is 0. The second kappa shape index (κ2) is 12.6. The molecule has 3 aliphatic heterocycles. The summed E-state index contributed by atoms with van der Waals surface area (Å²) in [4.78, 5) is 53.9. The molecular weight excluding hydrogens is 623 g/mol. The number of piperidine rings is 2. The molecule has 0 N–H and O–H groups in total. The van der Waals surface area contributed by atoms with Crippen molar-refractivity contribution in [1.29, 1.82) is 0 Å².